The first-order chi connectivity index (χ1) is 11.5. The third-order valence-corrected chi connectivity index (χ3v) is 3.66. The number of rotatable bonds is 6. The van der Waals surface area contributed by atoms with Gasteiger partial charge in [0, 0.05) is 18.2 Å². The number of amides is 1. The molecular weight excluding hydrogens is 312 g/mol. The van der Waals surface area contributed by atoms with Gasteiger partial charge < -0.3 is 14.8 Å². The highest BCUT2D eigenvalue weighted by atomic mass is 16.6. The lowest BCUT2D eigenvalue weighted by Crippen LogP contribution is -2.19. The number of nitrogens with zero attached hydrogens (tertiary/aromatic N) is 1. The van der Waals surface area contributed by atoms with Crippen LogP contribution in [0.4, 0.5) is 11.4 Å². The Labute approximate surface area is 139 Å². The van der Waals surface area contributed by atoms with Crippen LogP contribution in [0.1, 0.15) is 18.4 Å². The molecule has 0 aliphatic rings. The zero-order valence-corrected chi connectivity index (χ0v) is 13.6. The van der Waals surface area contributed by atoms with Crippen molar-refractivity contribution in [3.05, 3.63) is 58.1 Å². The van der Waals surface area contributed by atoms with Gasteiger partial charge in [-0.1, -0.05) is 12.1 Å². The van der Waals surface area contributed by atoms with Crippen molar-refractivity contribution in [1.29, 1.82) is 0 Å². The molecule has 24 heavy (non-hydrogen) atoms. The average molecular weight is 330 g/mol. The first-order valence-corrected chi connectivity index (χ1v) is 7.23. The van der Waals surface area contributed by atoms with Gasteiger partial charge in [-0.2, -0.15) is 0 Å². The molecule has 0 saturated heterocycles. The molecule has 2 aromatic carbocycles. The second-order valence-electron chi connectivity index (χ2n) is 5.13. The minimum Gasteiger partial charge on any atom is -0.497 e. The first kappa shape index (κ1) is 17.3. The summed E-state index contributed by atoms with van der Waals surface area (Å²) in [5, 5.41) is 13.5. The quantitative estimate of drug-likeness (QED) is 0.648. The summed E-state index contributed by atoms with van der Waals surface area (Å²) in [6.07, 6.45) is 0. The number of methoxy groups -OCH3 is 2. The first-order valence-electron chi connectivity index (χ1n) is 7.23. The highest BCUT2D eigenvalue weighted by Crippen LogP contribution is 2.30. The van der Waals surface area contributed by atoms with E-state index in [0.29, 0.717) is 22.7 Å². The molecule has 0 fully saturated rings. The fourth-order valence-electron chi connectivity index (χ4n) is 2.18. The molecule has 7 nitrogen and oxygen atoms in total. The minimum absolute atomic E-state index is 0.0109. The Balaban J connectivity index is 2.15. The maximum absolute atomic E-state index is 12.4. The van der Waals surface area contributed by atoms with E-state index in [4.69, 9.17) is 9.47 Å². The SMILES string of the molecule is COc1ccc(NC(=O)[C@H](C)c2ccc([N+](=O)[O-])cc2)c(OC)c1. The van der Waals surface area contributed by atoms with Crippen molar-refractivity contribution in [3.63, 3.8) is 0 Å². The molecule has 7 heteroatoms. The van der Waals surface area contributed by atoms with E-state index in [1.165, 1.54) is 19.2 Å². The van der Waals surface area contributed by atoms with E-state index < -0.39 is 10.8 Å². The number of hydrogen-bond donors (Lipinski definition) is 1. The highest BCUT2D eigenvalue weighted by molar-refractivity contribution is 5.96. The summed E-state index contributed by atoms with van der Waals surface area (Å²) >= 11 is 0. The van der Waals surface area contributed by atoms with E-state index >= 15 is 0 Å². The second-order valence-corrected chi connectivity index (χ2v) is 5.13. The second kappa shape index (κ2) is 7.45. The van der Waals surface area contributed by atoms with Crippen molar-refractivity contribution in [1.82, 2.24) is 0 Å². The summed E-state index contributed by atoms with van der Waals surface area (Å²) < 4.78 is 10.4. The van der Waals surface area contributed by atoms with Crippen molar-refractivity contribution in [2.75, 3.05) is 19.5 Å². The van der Waals surface area contributed by atoms with Crippen LogP contribution in [-0.4, -0.2) is 25.1 Å². The molecule has 0 bridgehead atoms. The van der Waals surface area contributed by atoms with Crippen LogP contribution in [0.2, 0.25) is 0 Å². The lowest BCUT2D eigenvalue weighted by atomic mass is 10.00. The van der Waals surface area contributed by atoms with Crippen molar-refractivity contribution in [2.45, 2.75) is 12.8 Å². The maximum Gasteiger partial charge on any atom is 0.269 e. The topological polar surface area (TPSA) is 90.7 Å². The number of hydrogen-bond acceptors (Lipinski definition) is 5. The molecule has 0 aromatic heterocycles. The van der Waals surface area contributed by atoms with Crippen LogP contribution in [-0.2, 0) is 4.79 Å². The van der Waals surface area contributed by atoms with Gasteiger partial charge in [0.25, 0.3) is 5.69 Å². The molecule has 2 rings (SSSR count). The molecule has 1 N–H and O–H groups in total. The predicted molar refractivity (Wildman–Crippen MR) is 89.7 cm³/mol. The molecule has 1 atom stereocenters. The normalized spacial score (nSPS) is 11.5. The van der Waals surface area contributed by atoms with E-state index in [1.807, 2.05) is 0 Å². The third kappa shape index (κ3) is 3.81. The van der Waals surface area contributed by atoms with E-state index in [0.717, 1.165) is 0 Å². The van der Waals surface area contributed by atoms with Crippen LogP contribution in [0.3, 0.4) is 0 Å². The maximum atomic E-state index is 12.4. The fourth-order valence-corrected chi connectivity index (χ4v) is 2.18. The van der Waals surface area contributed by atoms with Crippen LogP contribution in [0.5, 0.6) is 11.5 Å². The van der Waals surface area contributed by atoms with Gasteiger partial charge in [-0.05, 0) is 24.6 Å². The Hall–Kier alpha value is -3.09. The van der Waals surface area contributed by atoms with Crippen LogP contribution in [0, 0.1) is 10.1 Å². The van der Waals surface area contributed by atoms with Crippen LogP contribution in [0.15, 0.2) is 42.5 Å². The molecule has 2 aromatic rings. The van der Waals surface area contributed by atoms with E-state index in [2.05, 4.69) is 5.32 Å². The van der Waals surface area contributed by atoms with Gasteiger partial charge in [0.05, 0.1) is 30.7 Å². The number of benzene rings is 2. The highest BCUT2D eigenvalue weighted by Gasteiger charge is 2.18. The van der Waals surface area contributed by atoms with Gasteiger partial charge in [-0.25, -0.2) is 0 Å². The van der Waals surface area contributed by atoms with Gasteiger partial charge in [0.15, 0.2) is 0 Å². The van der Waals surface area contributed by atoms with Crippen molar-refractivity contribution in [3.8, 4) is 11.5 Å². The number of carbonyl (C=O) groups excluding carboxylic acids is 1. The van der Waals surface area contributed by atoms with Crippen LogP contribution < -0.4 is 14.8 Å². The van der Waals surface area contributed by atoms with E-state index in [1.54, 1.807) is 44.4 Å². The Morgan fingerprint density at radius 1 is 1.12 bits per heavy atom. The van der Waals surface area contributed by atoms with Gasteiger partial charge in [0.2, 0.25) is 5.91 Å². The molecular formula is C17H18N2O5. The average Bonchev–Trinajstić information content (AvgIpc) is 2.61. The standard InChI is InChI=1S/C17H18N2O5/c1-11(12-4-6-13(7-5-12)19(21)22)17(20)18-15-9-8-14(23-2)10-16(15)24-3/h4-11H,1-3H3,(H,18,20)/t11-/m1/s1. The number of nitro groups is 1. The minimum atomic E-state index is -0.475. The lowest BCUT2D eigenvalue weighted by molar-refractivity contribution is -0.384. The Morgan fingerprint density at radius 2 is 1.79 bits per heavy atom. The van der Waals surface area contributed by atoms with Crippen LogP contribution >= 0.6 is 0 Å². The van der Waals surface area contributed by atoms with E-state index in [9.17, 15) is 14.9 Å². The molecule has 0 saturated carbocycles. The largest absolute Gasteiger partial charge is 0.497 e. The summed E-state index contributed by atoms with van der Waals surface area (Å²) in [7, 11) is 3.05. The third-order valence-electron chi connectivity index (χ3n) is 3.66. The number of carbonyl (C=O) groups is 1. The number of ether oxygens (including phenoxy) is 2. The Kier molecular flexibility index (Phi) is 5.36. The number of nitro benzene ring substituents is 1. The molecule has 0 aliphatic carbocycles. The molecule has 0 spiro atoms. The molecule has 0 radical (unpaired) electrons. The van der Waals surface area contributed by atoms with Crippen molar-refractivity contribution >= 4 is 17.3 Å². The number of nitrogens with one attached hydrogen (secondary N) is 1. The predicted octanol–water partition coefficient (Wildman–Crippen LogP) is 3.35. The lowest BCUT2D eigenvalue weighted by Gasteiger charge is -2.15. The van der Waals surface area contributed by atoms with Gasteiger partial charge in [-0.3, -0.25) is 14.9 Å². The number of anilines is 1. The fraction of sp³-hybridized carbons (Fsp3) is 0.235. The Morgan fingerprint density at radius 3 is 2.33 bits per heavy atom. The van der Waals surface area contributed by atoms with Gasteiger partial charge in [-0.15, -0.1) is 0 Å². The van der Waals surface area contributed by atoms with Crippen molar-refractivity contribution < 1.29 is 19.2 Å². The van der Waals surface area contributed by atoms with Gasteiger partial charge in [0.1, 0.15) is 11.5 Å². The van der Waals surface area contributed by atoms with Crippen LogP contribution in [0.25, 0.3) is 0 Å². The molecule has 0 heterocycles. The molecule has 0 unspecified atom stereocenters. The zero-order valence-electron chi connectivity index (χ0n) is 13.6. The van der Waals surface area contributed by atoms with E-state index in [-0.39, 0.29) is 11.6 Å². The Bertz CT molecular complexity index is 743. The summed E-state index contributed by atoms with van der Waals surface area (Å²) in [6.45, 7) is 1.73. The summed E-state index contributed by atoms with van der Waals surface area (Å²) in [4.78, 5) is 22.6. The monoisotopic (exact) mass is 330 g/mol. The summed E-state index contributed by atoms with van der Waals surface area (Å²) in [5.74, 6) is 0.386. The summed E-state index contributed by atoms with van der Waals surface area (Å²) in [5.41, 5.74) is 1.20. The molecule has 1 amide bonds. The van der Waals surface area contributed by atoms with Crippen molar-refractivity contribution in [2.24, 2.45) is 0 Å². The summed E-state index contributed by atoms with van der Waals surface area (Å²) in [6, 6.07) is 11.0. The zero-order chi connectivity index (χ0) is 17.7. The smallest absolute Gasteiger partial charge is 0.269 e. The van der Waals surface area contributed by atoms with Gasteiger partial charge >= 0.3 is 0 Å². The molecule has 0 aliphatic heterocycles. The molecule has 126 valence electrons. The number of non-ortho nitro benzene ring substituents is 1.